The van der Waals surface area contributed by atoms with Crippen LogP contribution in [0.5, 0.6) is 5.75 Å². The van der Waals surface area contributed by atoms with Crippen LogP contribution in [0.4, 0.5) is 5.13 Å². The molecule has 1 N–H and O–H groups in total. The van der Waals surface area contributed by atoms with Crippen molar-refractivity contribution in [3.63, 3.8) is 0 Å². The molecule has 0 aliphatic carbocycles. The minimum absolute atomic E-state index is 0.0286. The molecule has 0 saturated carbocycles. The number of amides is 1. The van der Waals surface area contributed by atoms with Crippen LogP contribution < -0.4 is 9.64 Å². The molecule has 11 heteroatoms. The van der Waals surface area contributed by atoms with Crippen molar-refractivity contribution >= 4 is 62.0 Å². The van der Waals surface area contributed by atoms with Crippen molar-refractivity contribution in [2.75, 3.05) is 11.5 Å². The van der Waals surface area contributed by atoms with Crippen LogP contribution in [0.2, 0.25) is 0 Å². The van der Waals surface area contributed by atoms with E-state index in [9.17, 15) is 14.7 Å². The first kappa shape index (κ1) is 28.1. The molecule has 0 spiro atoms. The second kappa shape index (κ2) is 11.7. The largest absolute Gasteiger partial charge is 0.503 e. The molecule has 1 unspecified atom stereocenters. The Kier molecular flexibility index (Phi) is 7.80. The van der Waals surface area contributed by atoms with Gasteiger partial charge in [-0.1, -0.05) is 83.8 Å². The molecule has 212 valence electrons. The molecule has 0 saturated heterocycles. The zero-order chi connectivity index (χ0) is 29.4. The average Bonchev–Trinajstić information content (AvgIpc) is 3.67. The lowest BCUT2D eigenvalue weighted by atomic mass is 9.94. The fourth-order valence-corrected chi connectivity index (χ4v) is 7.85. The SMILES string of the molecule is CCOc1ccccc1C1C(C(=O)c2sc(C)nc2C)=C(O)C(=O)N1c1nnc(SCc2cccc3ccccc23)s1. The molecule has 1 aliphatic rings. The predicted molar refractivity (Wildman–Crippen MR) is 167 cm³/mol. The van der Waals surface area contributed by atoms with E-state index in [0.29, 0.717) is 38.6 Å². The van der Waals surface area contributed by atoms with Gasteiger partial charge in [0.2, 0.25) is 10.9 Å². The second-order valence-corrected chi connectivity index (χ2v) is 12.9. The van der Waals surface area contributed by atoms with Crippen LogP contribution in [0.25, 0.3) is 10.8 Å². The quantitative estimate of drug-likeness (QED) is 0.105. The maximum Gasteiger partial charge on any atom is 0.296 e. The van der Waals surface area contributed by atoms with Crippen LogP contribution in [-0.4, -0.2) is 38.6 Å². The minimum atomic E-state index is -0.960. The Balaban J connectivity index is 1.37. The van der Waals surface area contributed by atoms with E-state index in [2.05, 4.69) is 39.4 Å². The van der Waals surface area contributed by atoms with Crippen LogP contribution in [0.1, 0.15) is 44.5 Å². The molecule has 6 rings (SSSR count). The Hall–Kier alpha value is -4.06. The number of carbonyl (C=O) groups excluding carboxylic acids is 2. The van der Waals surface area contributed by atoms with Crippen LogP contribution >= 0.6 is 34.4 Å². The van der Waals surface area contributed by atoms with Gasteiger partial charge in [0, 0.05) is 11.3 Å². The van der Waals surface area contributed by atoms with Gasteiger partial charge < -0.3 is 9.84 Å². The Labute approximate surface area is 254 Å². The van der Waals surface area contributed by atoms with Crippen molar-refractivity contribution in [3.8, 4) is 5.75 Å². The summed E-state index contributed by atoms with van der Waals surface area (Å²) in [6.45, 7) is 5.81. The highest BCUT2D eigenvalue weighted by Crippen LogP contribution is 2.46. The number of thioether (sulfide) groups is 1. The number of aliphatic hydroxyl groups excluding tert-OH is 1. The number of ether oxygens (including phenoxy) is 1. The molecule has 1 aliphatic heterocycles. The van der Waals surface area contributed by atoms with Gasteiger partial charge in [-0.25, -0.2) is 4.98 Å². The van der Waals surface area contributed by atoms with Crippen LogP contribution in [-0.2, 0) is 10.5 Å². The van der Waals surface area contributed by atoms with E-state index in [1.807, 2.05) is 44.2 Å². The predicted octanol–water partition coefficient (Wildman–Crippen LogP) is 7.24. The highest BCUT2D eigenvalue weighted by Gasteiger charge is 2.47. The van der Waals surface area contributed by atoms with Gasteiger partial charge in [0.25, 0.3) is 5.91 Å². The lowest BCUT2D eigenvalue weighted by Gasteiger charge is -2.25. The summed E-state index contributed by atoms with van der Waals surface area (Å²) in [5, 5.41) is 23.2. The first-order valence-corrected chi connectivity index (χ1v) is 15.9. The van der Waals surface area contributed by atoms with Crippen molar-refractivity contribution < 1.29 is 19.4 Å². The highest BCUT2D eigenvalue weighted by molar-refractivity contribution is 8.00. The maximum absolute atomic E-state index is 13.9. The number of fused-ring (bicyclic) bond motifs is 1. The maximum atomic E-state index is 13.9. The summed E-state index contributed by atoms with van der Waals surface area (Å²) in [5.74, 6) is -0.595. The van der Waals surface area contributed by atoms with Gasteiger partial charge in [0.05, 0.1) is 27.8 Å². The number of hydrogen-bond donors (Lipinski definition) is 1. The monoisotopic (exact) mass is 614 g/mol. The molecule has 0 bridgehead atoms. The van der Waals surface area contributed by atoms with Gasteiger partial charge in [-0.2, -0.15) is 0 Å². The Morgan fingerprint density at radius 3 is 2.57 bits per heavy atom. The summed E-state index contributed by atoms with van der Waals surface area (Å²) in [7, 11) is 0. The molecule has 3 heterocycles. The number of Topliss-reactive ketones (excluding diaryl/α,β-unsaturated/α-hetero) is 1. The van der Waals surface area contributed by atoms with E-state index in [0.717, 1.165) is 16.0 Å². The van der Waals surface area contributed by atoms with E-state index < -0.39 is 23.5 Å². The second-order valence-electron chi connectivity index (χ2n) is 9.56. The third kappa shape index (κ3) is 5.08. The number of benzene rings is 3. The topological polar surface area (TPSA) is 106 Å². The summed E-state index contributed by atoms with van der Waals surface area (Å²) in [6, 6.07) is 20.7. The number of carbonyl (C=O) groups is 2. The van der Waals surface area contributed by atoms with Gasteiger partial charge >= 0.3 is 0 Å². The van der Waals surface area contributed by atoms with Crippen LogP contribution in [0, 0.1) is 13.8 Å². The molecule has 3 aromatic carbocycles. The standard InChI is InChI=1S/C31H26N4O4S3/c1-4-39-23-15-8-7-14-22(23)25-24(26(36)28-17(2)32-18(3)41-28)27(37)29(38)35(25)30-33-34-31(42-30)40-16-20-12-9-11-19-10-5-6-13-21(19)20/h5-15,25,37H,4,16H2,1-3H3. The van der Waals surface area contributed by atoms with Gasteiger partial charge in [0.1, 0.15) is 11.8 Å². The van der Waals surface area contributed by atoms with E-state index in [4.69, 9.17) is 4.74 Å². The molecule has 0 radical (unpaired) electrons. The summed E-state index contributed by atoms with van der Waals surface area (Å²) in [6.07, 6.45) is 0. The van der Waals surface area contributed by atoms with Crippen molar-refractivity contribution in [2.45, 2.75) is 36.9 Å². The van der Waals surface area contributed by atoms with Gasteiger partial charge in [-0.05, 0) is 43.2 Å². The molecule has 0 fully saturated rings. The Morgan fingerprint density at radius 2 is 1.79 bits per heavy atom. The van der Waals surface area contributed by atoms with E-state index in [1.54, 1.807) is 19.1 Å². The molecular weight excluding hydrogens is 589 g/mol. The number of anilines is 1. The summed E-state index contributed by atoms with van der Waals surface area (Å²) in [4.78, 5) is 33.7. The van der Waals surface area contributed by atoms with Crippen molar-refractivity contribution in [3.05, 3.63) is 105 Å². The van der Waals surface area contributed by atoms with Crippen molar-refractivity contribution in [1.29, 1.82) is 0 Å². The third-order valence-electron chi connectivity index (χ3n) is 6.91. The van der Waals surface area contributed by atoms with E-state index in [-0.39, 0.29) is 10.7 Å². The number of nitrogens with zero attached hydrogens (tertiary/aromatic N) is 4. The number of hydrogen-bond acceptors (Lipinski definition) is 10. The minimum Gasteiger partial charge on any atom is -0.503 e. The zero-order valence-corrected chi connectivity index (χ0v) is 25.5. The van der Waals surface area contributed by atoms with Gasteiger partial charge in [-0.3, -0.25) is 14.5 Å². The van der Waals surface area contributed by atoms with Gasteiger partial charge in [0.15, 0.2) is 10.1 Å². The lowest BCUT2D eigenvalue weighted by Crippen LogP contribution is -2.31. The molecule has 8 nitrogen and oxygen atoms in total. The van der Waals surface area contributed by atoms with Crippen molar-refractivity contribution in [2.24, 2.45) is 0 Å². The summed E-state index contributed by atoms with van der Waals surface area (Å²) in [5.41, 5.74) is 2.25. The number of thiazole rings is 1. The number of ketones is 1. The summed E-state index contributed by atoms with van der Waals surface area (Å²) >= 11 is 4.00. The fourth-order valence-electron chi connectivity index (χ4n) is 5.10. The van der Waals surface area contributed by atoms with Crippen LogP contribution in [0.15, 0.2) is 82.4 Å². The van der Waals surface area contributed by atoms with E-state index >= 15 is 0 Å². The van der Waals surface area contributed by atoms with Crippen molar-refractivity contribution in [1.82, 2.24) is 15.2 Å². The fraction of sp³-hybridized carbons (Fsp3) is 0.194. The highest BCUT2D eigenvalue weighted by atomic mass is 32.2. The number of aliphatic hydroxyl groups is 1. The molecule has 42 heavy (non-hydrogen) atoms. The van der Waals surface area contributed by atoms with Crippen LogP contribution in [0.3, 0.4) is 0 Å². The molecule has 1 amide bonds. The lowest BCUT2D eigenvalue weighted by molar-refractivity contribution is -0.117. The first-order chi connectivity index (χ1) is 20.4. The third-order valence-corrected chi connectivity index (χ3v) is 10.1. The van der Waals surface area contributed by atoms with E-state index in [1.165, 1.54) is 44.7 Å². The smallest absolute Gasteiger partial charge is 0.296 e. The Morgan fingerprint density at radius 1 is 1.02 bits per heavy atom. The number of para-hydroxylation sites is 1. The number of aryl methyl sites for hydroxylation is 2. The average molecular weight is 615 g/mol. The first-order valence-electron chi connectivity index (χ1n) is 13.3. The normalized spacial score (nSPS) is 15.2. The van der Waals surface area contributed by atoms with Gasteiger partial charge in [-0.15, -0.1) is 21.5 Å². The molecule has 1 atom stereocenters. The number of aromatic nitrogens is 3. The molecule has 2 aromatic heterocycles. The molecular formula is C31H26N4O4S3. The number of rotatable bonds is 9. The Bertz CT molecular complexity index is 1860. The summed E-state index contributed by atoms with van der Waals surface area (Å²) < 4.78 is 6.56. The molecule has 5 aromatic rings. The zero-order valence-electron chi connectivity index (χ0n) is 23.0.